The van der Waals surface area contributed by atoms with Crippen molar-refractivity contribution in [2.75, 3.05) is 0 Å². The van der Waals surface area contributed by atoms with Gasteiger partial charge in [0.15, 0.2) is 0 Å². The molecule has 0 aliphatic heterocycles. The Morgan fingerprint density at radius 3 is 2.71 bits per heavy atom. The zero-order valence-electron chi connectivity index (χ0n) is 9.38. The molecule has 17 heavy (non-hydrogen) atoms. The lowest BCUT2D eigenvalue weighted by atomic mass is 10.2. The average molecular weight is 267 g/mol. The number of primary sulfonamides is 1. The van der Waals surface area contributed by atoms with Gasteiger partial charge in [0.1, 0.15) is 0 Å². The van der Waals surface area contributed by atoms with Crippen LogP contribution < -0.4 is 5.14 Å². The van der Waals surface area contributed by atoms with E-state index in [1.807, 2.05) is 18.2 Å². The minimum atomic E-state index is -3.46. The Labute approximate surface area is 104 Å². The number of hydrogen-bond donors (Lipinski definition) is 1. The summed E-state index contributed by atoms with van der Waals surface area (Å²) in [5.41, 5.74) is 0. The maximum atomic E-state index is 11.5. The van der Waals surface area contributed by atoms with E-state index in [0.717, 1.165) is 4.88 Å². The second kappa shape index (κ2) is 3.31. The molecule has 2 aromatic rings. The molecule has 2 unspecified atom stereocenters. The maximum absolute atomic E-state index is 11.5. The summed E-state index contributed by atoms with van der Waals surface area (Å²) in [4.78, 5) is 1.13. The molecule has 0 spiro atoms. The molecule has 3 rings (SSSR count). The molecule has 0 amide bonds. The van der Waals surface area contributed by atoms with Crippen LogP contribution in [0.5, 0.6) is 0 Å². The van der Waals surface area contributed by atoms with Crippen molar-refractivity contribution >= 4 is 31.4 Å². The SMILES string of the molecule is CC1(S(N)(=O)=O)CC1c1cc2ccccc2s1. The van der Waals surface area contributed by atoms with Gasteiger partial charge in [-0.3, -0.25) is 0 Å². The van der Waals surface area contributed by atoms with Crippen molar-refractivity contribution < 1.29 is 8.42 Å². The molecule has 0 saturated heterocycles. The van der Waals surface area contributed by atoms with Gasteiger partial charge in [0, 0.05) is 15.5 Å². The Kier molecular flexibility index (Phi) is 2.18. The standard InChI is InChI=1S/C12H13NO2S2/c1-12(17(13,14)15)7-9(12)11-6-8-4-2-3-5-10(8)16-11/h2-6,9H,7H2,1H3,(H2,13,14,15). The van der Waals surface area contributed by atoms with Gasteiger partial charge in [0.05, 0.1) is 4.75 Å². The van der Waals surface area contributed by atoms with Gasteiger partial charge >= 0.3 is 0 Å². The van der Waals surface area contributed by atoms with E-state index < -0.39 is 14.8 Å². The summed E-state index contributed by atoms with van der Waals surface area (Å²) in [5.74, 6) is 0.0647. The lowest BCUT2D eigenvalue weighted by Crippen LogP contribution is -2.28. The Hall–Kier alpha value is -0.910. The van der Waals surface area contributed by atoms with E-state index in [1.165, 1.54) is 10.1 Å². The first kappa shape index (κ1) is 11.2. The van der Waals surface area contributed by atoms with Gasteiger partial charge in [0.2, 0.25) is 10.0 Å². The topological polar surface area (TPSA) is 60.2 Å². The largest absolute Gasteiger partial charge is 0.228 e. The highest BCUT2D eigenvalue weighted by molar-refractivity contribution is 7.90. The maximum Gasteiger partial charge on any atom is 0.215 e. The molecule has 1 aliphatic carbocycles. The minimum absolute atomic E-state index is 0.0647. The Bertz CT molecular complexity index is 656. The van der Waals surface area contributed by atoms with E-state index in [4.69, 9.17) is 5.14 Å². The highest BCUT2D eigenvalue weighted by Crippen LogP contribution is 2.57. The van der Waals surface area contributed by atoms with Gasteiger partial charge in [-0.15, -0.1) is 11.3 Å². The second-order valence-electron chi connectivity index (χ2n) is 4.80. The van der Waals surface area contributed by atoms with Gasteiger partial charge in [0.25, 0.3) is 0 Å². The summed E-state index contributed by atoms with van der Waals surface area (Å²) >= 11 is 1.67. The number of rotatable bonds is 2. The fraction of sp³-hybridized carbons (Fsp3) is 0.333. The van der Waals surface area contributed by atoms with Crippen LogP contribution in [-0.2, 0) is 10.0 Å². The van der Waals surface area contributed by atoms with Crippen LogP contribution in [0.3, 0.4) is 0 Å². The molecule has 1 aliphatic rings. The van der Waals surface area contributed by atoms with E-state index >= 15 is 0 Å². The van der Waals surface area contributed by atoms with Crippen LogP contribution in [0, 0.1) is 0 Å². The summed E-state index contributed by atoms with van der Waals surface area (Å²) in [6.45, 7) is 1.73. The number of nitrogens with two attached hydrogens (primary N) is 1. The van der Waals surface area contributed by atoms with Crippen LogP contribution >= 0.6 is 11.3 Å². The summed E-state index contributed by atoms with van der Waals surface area (Å²) in [7, 11) is -3.46. The minimum Gasteiger partial charge on any atom is -0.228 e. The smallest absolute Gasteiger partial charge is 0.215 e. The van der Waals surface area contributed by atoms with Gasteiger partial charge in [-0.25, -0.2) is 13.6 Å². The molecule has 2 N–H and O–H groups in total. The summed E-state index contributed by atoms with van der Waals surface area (Å²) < 4.78 is 23.4. The molecule has 1 heterocycles. The predicted octanol–water partition coefficient (Wildman–Crippen LogP) is 2.44. The predicted molar refractivity (Wildman–Crippen MR) is 70.7 cm³/mol. The Balaban J connectivity index is 2.03. The lowest BCUT2D eigenvalue weighted by Gasteiger charge is -2.06. The summed E-state index contributed by atoms with van der Waals surface area (Å²) in [5, 5.41) is 6.45. The fourth-order valence-electron chi connectivity index (χ4n) is 2.24. The van der Waals surface area contributed by atoms with Crippen molar-refractivity contribution in [3.8, 4) is 0 Å². The molecule has 1 fully saturated rings. The van der Waals surface area contributed by atoms with E-state index in [2.05, 4.69) is 12.1 Å². The molecule has 1 saturated carbocycles. The van der Waals surface area contributed by atoms with Crippen LogP contribution in [0.15, 0.2) is 30.3 Å². The van der Waals surface area contributed by atoms with Gasteiger partial charge in [-0.2, -0.15) is 0 Å². The molecule has 90 valence electrons. The van der Waals surface area contributed by atoms with Gasteiger partial charge in [-0.05, 0) is 30.9 Å². The highest BCUT2D eigenvalue weighted by Gasteiger charge is 2.59. The van der Waals surface area contributed by atoms with Crippen LogP contribution in [0.25, 0.3) is 10.1 Å². The molecule has 2 atom stereocenters. The molecular formula is C12H13NO2S2. The first-order valence-corrected chi connectivity index (χ1v) is 7.79. The van der Waals surface area contributed by atoms with E-state index in [1.54, 1.807) is 18.3 Å². The third-order valence-corrected chi connectivity index (χ3v) is 6.61. The fourth-order valence-corrected chi connectivity index (χ4v) is 4.55. The third-order valence-electron chi connectivity index (χ3n) is 3.62. The van der Waals surface area contributed by atoms with Gasteiger partial charge in [-0.1, -0.05) is 18.2 Å². The van der Waals surface area contributed by atoms with Gasteiger partial charge < -0.3 is 0 Å². The number of hydrogen-bond acceptors (Lipinski definition) is 3. The molecule has 1 aromatic carbocycles. The van der Waals surface area contributed by atoms with Crippen molar-refractivity contribution in [3.63, 3.8) is 0 Å². The van der Waals surface area contributed by atoms with Crippen LogP contribution in [-0.4, -0.2) is 13.2 Å². The second-order valence-corrected chi connectivity index (χ2v) is 7.94. The van der Waals surface area contributed by atoms with E-state index in [9.17, 15) is 8.42 Å². The Morgan fingerprint density at radius 1 is 1.41 bits per heavy atom. The molecular weight excluding hydrogens is 254 g/mol. The van der Waals surface area contributed by atoms with Crippen molar-refractivity contribution in [2.24, 2.45) is 5.14 Å². The first-order valence-electron chi connectivity index (χ1n) is 5.43. The molecule has 3 nitrogen and oxygen atoms in total. The van der Waals surface area contributed by atoms with Crippen molar-refractivity contribution in [3.05, 3.63) is 35.2 Å². The summed E-state index contributed by atoms with van der Waals surface area (Å²) in [6.07, 6.45) is 0.638. The molecule has 5 heteroatoms. The lowest BCUT2D eigenvalue weighted by molar-refractivity contribution is 0.582. The van der Waals surface area contributed by atoms with E-state index in [0.29, 0.717) is 6.42 Å². The quantitative estimate of drug-likeness (QED) is 0.908. The molecule has 1 aromatic heterocycles. The number of thiophene rings is 1. The van der Waals surface area contributed by atoms with Crippen LogP contribution in [0.1, 0.15) is 24.1 Å². The highest BCUT2D eigenvalue weighted by atomic mass is 32.2. The van der Waals surface area contributed by atoms with Crippen molar-refractivity contribution in [2.45, 2.75) is 24.0 Å². The molecule has 0 radical (unpaired) electrons. The third kappa shape index (κ3) is 1.61. The molecule has 0 bridgehead atoms. The van der Waals surface area contributed by atoms with Crippen LogP contribution in [0.4, 0.5) is 0 Å². The monoisotopic (exact) mass is 267 g/mol. The van der Waals surface area contributed by atoms with E-state index in [-0.39, 0.29) is 5.92 Å². The normalized spacial score (nSPS) is 28.5. The number of benzene rings is 1. The summed E-state index contributed by atoms with van der Waals surface area (Å²) in [6, 6.07) is 10.2. The van der Waals surface area contributed by atoms with Crippen molar-refractivity contribution in [1.82, 2.24) is 0 Å². The average Bonchev–Trinajstić information content (AvgIpc) is 2.79. The number of sulfonamides is 1. The first-order chi connectivity index (χ1) is 7.92. The Morgan fingerprint density at radius 2 is 2.12 bits per heavy atom. The van der Waals surface area contributed by atoms with Crippen LogP contribution in [0.2, 0.25) is 0 Å². The zero-order valence-corrected chi connectivity index (χ0v) is 11.0. The zero-order chi connectivity index (χ0) is 12.3. The number of fused-ring (bicyclic) bond motifs is 1. The van der Waals surface area contributed by atoms with Crippen molar-refractivity contribution in [1.29, 1.82) is 0 Å².